The first kappa shape index (κ1) is 19.5. The van der Waals surface area contributed by atoms with Gasteiger partial charge in [0, 0.05) is 18.1 Å². The summed E-state index contributed by atoms with van der Waals surface area (Å²) in [4.78, 5) is 26.8. The van der Waals surface area contributed by atoms with Crippen LogP contribution in [0.2, 0.25) is 0 Å². The first-order valence-corrected chi connectivity index (χ1v) is 9.63. The standard InChI is InChI=1S/C22H20N4O4/c23-13-22(11-16(22)7-4-10-26(20(27)28)21(29)30)19-12-25(14-24-19)18-9-3-6-15-5-1-2-8-17(15)18/h1-3,5-6,8-9,12,14,16H,4,7,10-11H2,(H,27,28)(H,29,30). The van der Waals surface area contributed by atoms with E-state index in [2.05, 4.69) is 11.1 Å². The Kier molecular flexibility index (Phi) is 4.88. The number of benzene rings is 2. The minimum Gasteiger partial charge on any atom is -0.465 e. The molecule has 0 radical (unpaired) electrons. The molecule has 0 aliphatic heterocycles. The van der Waals surface area contributed by atoms with Gasteiger partial charge in [0.15, 0.2) is 0 Å². The number of imidazole rings is 1. The molecule has 0 saturated heterocycles. The van der Waals surface area contributed by atoms with Crippen LogP contribution < -0.4 is 0 Å². The van der Waals surface area contributed by atoms with Crippen molar-refractivity contribution in [2.45, 2.75) is 24.7 Å². The first-order valence-electron chi connectivity index (χ1n) is 9.63. The third-order valence-corrected chi connectivity index (χ3v) is 5.79. The number of fused-ring (bicyclic) bond motifs is 1. The van der Waals surface area contributed by atoms with Crippen molar-refractivity contribution in [3.8, 4) is 11.8 Å². The number of amides is 2. The van der Waals surface area contributed by atoms with Gasteiger partial charge in [-0.2, -0.15) is 5.26 Å². The highest BCUT2D eigenvalue weighted by Gasteiger charge is 2.57. The number of hydrogen-bond acceptors (Lipinski definition) is 4. The van der Waals surface area contributed by atoms with Crippen molar-refractivity contribution in [1.82, 2.24) is 14.5 Å². The molecule has 1 aliphatic rings. The van der Waals surface area contributed by atoms with Crippen molar-refractivity contribution in [2.75, 3.05) is 6.54 Å². The van der Waals surface area contributed by atoms with E-state index in [0.717, 1.165) is 16.5 Å². The summed E-state index contributed by atoms with van der Waals surface area (Å²) in [5.41, 5.74) is 0.972. The summed E-state index contributed by atoms with van der Waals surface area (Å²) in [6, 6.07) is 16.5. The van der Waals surface area contributed by atoms with Gasteiger partial charge in [0.1, 0.15) is 5.41 Å². The summed E-state index contributed by atoms with van der Waals surface area (Å²) >= 11 is 0. The van der Waals surface area contributed by atoms with Crippen LogP contribution in [0, 0.1) is 17.2 Å². The SMILES string of the molecule is N#CC1(c2cn(-c3cccc4ccccc34)cn2)CC1CCCN(C(=O)O)C(=O)O. The monoisotopic (exact) mass is 404 g/mol. The fraction of sp³-hybridized carbons (Fsp3) is 0.273. The molecule has 0 spiro atoms. The Labute approximate surface area is 172 Å². The Bertz CT molecular complexity index is 1150. The third-order valence-electron chi connectivity index (χ3n) is 5.79. The summed E-state index contributed by atoms with van der Waals surface area (Å²) in [5, 5.41) is 29.9. The normalized spacial score (nSPS) is 19.9. The van der Waals surface area contributed by atoms with Gasteiger partial charge in [-0.15, -0.1) is 0 Å². The second-order valence-corrected chi connectivity index (χ2v) is 7.51. The van der Waals surface area contributed by atoms with Crippen LogP contribution in [0.3, 0.4) is 0 Å². The van der Waals surface area contributed by atoms with Crippen LogP contribution in [0.4, 0.5) is 9.59 Å². The summed E-state index contributed by atoms with van der Waals surface area (Å²) in [5.74, 6) is 0.0304. The van der Waals surface area contributed by atoms with Crippen molar-refractivity contribution in [1.29, 1.82) is 5.26 Å². The molecule has 4 rings (SSSR count). The van der Waals surface area contributed by atoms with Gasteiger partial charge in [0.25, 0.3) is 0 Å². The number of nitrogens with zero attached hydrogens (tertiary/aromatic N) is 4. The molecule has 0 bridgehead atoms. The van der Waals surface area contributed by atoms with Gasteiger partial charge in [0.2, 0.25) is 0 Å². The highest BCUT2D eigenvalue weighted by molar-refractivity contribution is 5.90. The van der Waals surface area contributed by atoms with Crippen LogP contribution >= 0.6 is 0 Å². The highest BCUT2D eigenvalue weighted by atomic mass is 16.4. The Morgan fingerprint density at radius 2 is 1.93 bits per heavy atom. The lowest BCUT2D eigenvalue weighted by Gasteiger charge is -2.13. The van der Waals surface area contributed by atoms with Gasteiger partial charge >= 0.3 is 12.2 Å². The molecule has 152 valence electrons. The minimum absolute atomic E-state index is 0.0304. The molecule has 8 nitrogen and oxygen atoms in total. The number of imide groups is 1. The van der Waals surface area contributed by atoms with Crippen molar-refractivity contribution in [3.05, 3.63) is 60.7 Å². The maximum atomic E-state index is 10.9. The molecular formula is C22H20N4O4. The Morgan fingerprint density at radius 3 is 2.67 bits per heavy atom. The summed E-state index contributed by atoms with van der Waals surface area (Å²) < 4.78 is 1.92. The Morgan fingerprint density at radius 1 is 1.20 bits per heavy atom. The van der Waals surface area contributed by atoms with Gasteiger partial charge in [0.05, 0.1) is 23.8 Å². The maximum absolute atomic E-state index is 10.9. The van der Waals surface area contributed by atoms with Crippen molar-refractivity contribution < 1.29 is 19.8 Å². The molecule has 2 amide bonds. The van der Waals surface area contributed by atoms with Crippen molar-refractivity contribution >= 4 is 23.0 Å². The number of hydrogen-bond donors (Lipinski definition) is 2. The van der Waals surface area contributed by atoms with E-state index in [9.17, 15) is 14.9 Å². The second-order valence-electron chi connectivity index (χ2n) is 7.51. The lowest BCUT2D eigenvalue weighted by Crippen LogP contribution is -2.35. The van der Waals surface area contributed by atoms with Crippen molar-refractivity contribution in [3.63, 3.8) is 0 Å². The predicted molar refractivity (Wildman–Crippen MR) is 108 cm³/mol. The quantitative estimate of drug-likeness (QED) is 0.634. The maximum Gasteiger partial charge on any atom is 0.416 e. The zero-order valence-corrected chi connectivity index (χ0v) is 16.1. The van der Waals surface area contributed by atoms with E-state index in [1.54, 1.807) is 6.33 Å². The molecule has 30 heavy (non-hydrogen) atoms. The molecule has 1 saturated carbocycles. The summed E-state index contributed by atoms with van der Waals surface area (Å²) in [7, 11) is 0. The third kappa shape index (κ3) is 3.35. The summed E-state index contributed by atoms with van der Waals surface area (Å²) in [6.07, 6.45) is 2.18. The van der Waals surface area contributed by atoms with E-state index < -0.39 is 17.6 Å². The van der Waals surface area contributed by atoms with Crippen LogP contribution in [0.5, 0.6) is 0 Å². The average Bonchev–Trinajstić information content (AvgIpc) is 3.23. The first-order chi connectivity index (χ1) is 14.5. The molecule has 3 aromatic rings. The van der Waals surface area contributed by atoms with Crippen LogP contribution in [0.1, 0.15) is 25.0 Å². The van der Waals surface area contributed by atoms with Gasteiger partial charge < -0.3 is 14.8 Å². The van der Waals surface area contributed by atoms with Crippen LogP contribution in [-0.2, 0) is 5.41 Å². The Balaban J connectivity index is 1.50. The zero-order chi connectivity index (χ0) is 21.3. The highest BCUT2D eigenvalue weighted by Crippen LogP contribution is 2.55. The van der Waals surface area contributed by atoms with E-state index in [0.29, 0.717) is 29.9 Å². The average molecular weight is 404 g/mol. The lowest BCUT2D eigenvalue weighted by atomic mass is 9.99. The Hall–Kier alpha value is -3.86. The molecule has 8 heteroatoms. The number of nitriles is 1. The zero-order valence-electron chi connectivity index (χ0n) is 16.1. The van der Waals surface area contributed by atoms with E-state index in [1.807, 2.05) is 53.2 Å². The van der Waals surface area contributed by atoms with Crippen LogP contribution in [0.15, 0.2) is 55.0 Å². The fourth-order valence-corrected chi connectivity index (χ4v) is 4.07. The number of aromatic nitrogens is 2. The van der Waals surface area contributed by atoms with Gasteiger partial charge in [-0.05, 0) is 36.6 Å². The minimum atomic E-state index is -1.49. The van der Waals surface area contributed by atoms with Crippen LogP contribution in [0.25, 0.3) is 16.5 Å². The van der Waals surface area contributed by atoms with Gasteiger partial charge in [-0.1, -0.05) is 36.4 Å². The second kappa shape index (κ2) is 7.52. The van der Waals surface area contributed by atoms with E-state index in [1.165, 1.54) is 0 Å². The number of carboxylic acid groups (broad SMARTS) is 2. The molecule has 1 aliphatic carbocycles. The molecule has 1 fully saturated rings. The smallest absolute Gasteiger partial charge is 0.416 e. The summed E-state index contributed by atoms with van der Waals surface area (Å²) in [6.45, 7) is -0.104. The van der Waals surface area contributed by atoms with E-state index in [-0.39, 0.29) is 12.5 Å². The molecule has 2 atom stereocenters. The topological polar surface area (TPSA) is 119 Å². The predicted octanol–water partition coefficient (Wildman–Crippen LogP) is 4.24. The largest absolute Gasteiger partial charge is 0.465 e. The van der Waals surface area contributed by atoms with Gasteiger partial charge in [-0.3, -0.25) is 0 Å². The molecule has 2 aromatic carbocycles. The molecular weight excluding hydrogens is 384 g/mol. The number of carbonyl (C=O) groups is 2. The number of rotatable bonds is 6. The molecule has 2 N–H and O–H groups in total. The van der Waals surface area contributed by atoms with E-state index >= 15 is 0 Å². The lowest BCUT2D eigenvalue weighted by molar-refractivity contribution is 0.122. The molecule has 1 heterocycles. The fourth-order valence-electron chi connectivity index (χ4n) is 4.07. The van der Waals surface area contributed by atoms with E-state index in [4.69, 9.17) is 10.2 Å². The van der Waals surface area contributed by atoms with Crippen molar-refractivity contribution in [2.24, 2.45) is 5.92 Å². The molecule has 1 aromatic heterocycles. The van der Waals surface area contributed by atoms with Crippen LogP contribution in [-0.4, -0.2) is 43.4 Å². The van der Waals surface area contributed by atoms with Gasteiger partial charge in [-0.25, -0.2) is 19.5 Å². The molecule has 2 unspecified atom stereocenters.